The first kappa shape index (κ1) is 20.0. The van der Waals surface area contributed by atoms with Gasteiger partial charge in [-0.05, 0) is 30.7 Å². The maximum absolute atomic E-state index is 13.4. The van der Waals surface area contributed by atoms with Gasteiger partial charge in [0.1, 0.15) is 12.1 Å². The number of halogens is 1. The maximum atomic E-state index is 13.4. The molecule has 0 saturated heterocycles. The molecule has 4 N–H and O–H groups in total. The van der Waals surface area contributed by atoms with Crippen molar-refractivity contribution in [2.24, 2.45) is 0 Å². The Labute approximate surface area is 155 Å². The van der Waals surface area contributed by atoms with E-state index in [0.717, 1.165) is 0 Å². The first-order valence-corrected chi connectivity index (χ1v) is 8.34. The van der Waals surface area contributed by atoms with Gasteiger partial charge in [0.05, 0.1) is 11.8 Å². The molecule has 0 saturated carbocycles. The highest BCUT2D eigenvalue weighted by molar-refractivity contribution is 5.94. The molecule has 1 aromatic carbocycles. The Bertz CT molecular complexity index is 793. The lowest BCUT2D eigenvalue weighted by atomic mass is 10.1. The zero-order valence-electron chi connectivity index (χ0n) is 14.8. The second-order valence-corrected chi connectivity index (χ2v) is 5.67. The van der Waals surface area contributed by atoms with Crippen LogP contribution in [0, 0.1) is 12.7 Å². The molecule has 0 spiro atoms. The highest BCUT2D eigenvalue weighted by atomic mass is 19.1. The summed E-state index contributed by atoms with van der Waals surface area (Å²) in [6.45, 7) is 2.51. The quantitative estimate of drug-likeness (QED) is 0.518. The Balaban J connectivity index is 1.56. The number of amides is 4. The van der Waals surface area contributed by atoms with Gasteiger partial charge in [-0.15, -0.1) is 0 Å². The Morgan fingerprint density at radius 1 is 0.889 bits per heavy atom. The average molecular weight is 376 g/mol. The standard InChI is InChI=1S/C18H21FN4O4/c1-12-2-3-13(10-15(12)19)16(24)20-5-7-22-18(26)23-8-6-21-17(25)14-4-9-27-11-14/h2-4,9-11H,5-8H2,1H3,(H,20,24)(H,21,25)(H2,22,23,26). The van der Waals surface area contributed by atoms with Crippen LogP contribution in [-0.2, 0) is 0 Å². The summed E-state index contributed by atoms with van der Waals surface area (Å²) in [5.74, 6) is -1.15. The van der Waals surface area contributed by atoms with E-state index in [4.69, 9.17) is 4.42 Å². The van der Waals surface area contributed by atoms with Gasteiger partial charge in [-0.3, -0.25) is 9.59 Å². The molecule has 0 aliphatic carbocycles. The van der Waals surface area contributed by atoms with Gasteiger partial charge in [0.25, 0.3) is 11.8 Å². The van der Waals surface area contributed by atoms with E-state index in [1.54, 1.807) is 6.92 Å². The van der Waals surface area contributed by atoms with Crippen molar-refractivity contribution in [2.45, 2.75) is 6.92 Å². The molecule has 1 heterocycles. The van der Waals surface area contributed by atoms with Gasteiger partial charge in [-0.25, -0.2) is 9.18 Å². The van der Waals surface area contributed by atoms with Crippen LogP contribution in [0.5, 0.6) is 0 Å². The molecule has 0 atom stereocenters. The monoisotopic (exact) mass is 376 g/mol. The van der Waals surface area contributed by atoms with Crippen molar-refractivity contribution in [1.29, 1.82) is 0 Å². The number of nitrogens with one attached hydrogen (secondary N) is 4. The molecule has 0 aliphatic heterocycles. The van der Waals surface area contributed by atoms with Gasteiger partial charge in [0.15, 0.2) is 0 Å². The van der Waals surface area contributed by atoms with Crippen molar-refractivity contribution in [1.82, 2.24) is 21.3 Å². The van der Waals surface area contributed by atoms with Crippen molar-refractivity contribution in [2.75, 3.05) is 26.2 Å². The third-order valence-electron chi connectivity index (χ3n) is 3.61. The van der Waals surface area contributed by atoms with Crippen LogP contribution < -0.4 is 21.3 Å². The lowest BCUT2D eigenvalue weighted by Crippen LogP contribution is -2.42. The smallest absolute Gasteiger partial charge is 0.314 e. The van der Waals surface area contributed by atoms with E-state index in [-0.39, 0.29) is 37.6 Å². The summed E-state index contributed by atoms with van der Waals surface area (Å²) in [7, 11) is 0. The molecule has 27 heavy (non-hydrogen) atoms. The molecule has 0 fully saturated rings. The summed E-state index contributed by atoms with van der Waals surface area (Å²) in [6, 6.07) is 5.34. The van der Waals surface area contributed by atoms with Crippen LogP contribution in [0.4, 0.5) is 9.18 Å². The molecule has 4 amide bonds. The van der Waals surface area contributed by atoms with Gasteiger partial charge in [-0.1, -0.05) is 6.07 Å². The van der Waals surface area contributed by atoms with E-state index in [9.17, 15) is 18.8 Å². The molecule has 0 unspecified atom stereocenters. The van der Waals surface area contributed by atoms with Crippen molar-refractivity contribution >= 4 is 17.8 Å². The second-order valence-electron chi connectivity index (χ2n) is 5.67. The van der Waals surface area contributed by atoms with Crippen molar-refractivity contribution in [3.05, 3.63) is 59.3 Å². The van der Waals surface area contributed by atoms with Gasteiger partial charge >= 0.3 is 6.03 Å². The highest BCUT2D eigenvalue weighted by Gasteiger charge is 2.08. The third kappa shape index (κ3) is 6.46. The van der Waals surface area contributed by atoms with Gasteiger partial charge in [-0.2, -0.15) is 0 Å². The summed E-state index contributed by atoms with van der Waals surface area (Å²) in [5.41, 5.74) is 1.09. The van der Waals surface area contributed by atoms with Gasteiger partial charge in [0.2, 0.25) is 0 Å². The van der Waals surface area contributed by atoms with Crippen molar-refractivity contribution < 1.29 is 23.2 Å². The first-order chi connectivity index (χ1) is 13.0. The van der Waals surface area contributed by atoms with Gasteiger partial charge in [0, 0.05) is 31.7 Å². The topological polar surface area (TPSA) is 112 Å². The molecule has 0 radical (unpaired) electrons. The number of urea groups is 1. The van der Waals surface area contributed by atoms with E-state index >= 15 is 0 Å². The Hall–Kier alpha value is -3.36. The first-order valence-electron chi connectivity index (χ1n) is 8.34. The number of aryl methyl sites for hydroxylation is 1. The summed E-state index contributed by atoms with van der Waals surface area (Å²) in [5, 5.41) is 10.3. The van der Waals surface area contributed by atoms with E-state index in [2.05, 4.69) is 21.3 Å². The number of hydrogen-bond donors (Lipinski definition) is 4. The largest absolute Gasteiger partial charge is 0.472 e. The summed E-state index contributed by atoms with van der Waals surface area (Å²) >= 11 is 0. The Morgan fingerprint density at radius 2 is 1.48 bits per heavy atom. The Kier molecular flexibility index (Phi) is 7.36. The fraction of sp³-hybridized carbons (Fsp3) is 0.278. The Morgan fingerprint density at radius 3 is 2.04 bits per heavy atom. The number of hydrogen-bond acceptors (Lipinski definition) is 4. The zero-order valence-corrected chi connectivity index (χ0v) is 14.8. The number of carbonyl (C=O) groups excluding carboxylic acids is 3. The van der Waals surface area contributed by atoms with Crippen LogP contribution in [0.15, 0.2) is 41.2 Å². The molecular formula is C18H21FN4O4. The summed E-state index contributed by atoms with van der Waals surface area (Å²) in [6.07, 6.45) is 2.73. The molecule has 2 rings (SSSR count). The fourth-order valence-electron chi connectivity index (χ4n) is 2.10. The molecule has 0 aliphatic rings. The summed E-state index contributed by atoms with van der Waals surface area (Å²) < 4.78 is 18.2. The summed E-state index contributed by atoms with van der Waals surface area (Å²) in [4.78, 5) is 35.1. The molecule has 2 aromatic rings. The lowest BCUT2D eigenvalue weighted by Gasteiger charge is -2.09. The highest BCUT2D eigenvalue weighted by Crippen LogP contribution is 2.08. The van der Waals surface area contributed by atoms with E-state index in [0.29, 0.717) is 11.1 Å². The van der Waals surface area contributed by atoms with E-state index in [1.165, 1.54) is 36.8 Å². The normalized spacial score (nSPS) is 10.1. The average Bonchev–Trinajstić information content (AvgIpc) is 3.19. The molecule has 1 aromatic heterocycles. The molecule has 9 heteroatoms. The predicted octanol–water partition coefficient (Wildman–Crippen LogP) is 1.19. The van der Waals surface area contributed by atoms with Crippen LogP contribution in [-0.4, -0.2) is 44.0 Å². The van der Waals surface area contributed by atoms with Crippen LogP contribution in [0.3, 0.4) is 0 Å². The van der Waals surface area contributed by atoms with E-state index < -0.39 is 17.8 Å². The number of rotatable bonds is 8. The second kappa shape index (κ2) is 9.95. The molecule has 0 bridgehead atoms. The maximum Gasteiger partial charge on any atom is 0.314 e. The van der Waals surface area contributed by atoms with Crippen molar-refractivity contribution in [3.8, 4) is 0 Å². The minimum Gasteiger partial charge on any atom is -0.472 e. The molecular weight excluding hydrogens is 355 g/mol. The molecule has 144 valence electrons. The predicted molar refractivity (Wildman–Crippen MR) is 95.9 cm³/mol. The molecule has 8 nitrogen and oxygen atoms in total. The number of furan rings is 1. The van der Waals surface area contributed by atoms with Gasteiger partial charge < -0.3 is 25.7 Å². The third-order valence-corrected chi connectivity index (χ3v) is 3.61. The van der Waals surface area contributed by atoms with Crippen molar-refractivity contribution in [3.63, 3.8) is 0 Å². The van der Waals surface area contributed by atoms with Crippen LogP contribution in [0.1, 0.15) is 26.3 Å². The van der Waals surface area contributed by atoms with Crippen LogP contribution >= 0.6 is 0 Å². The fourth-order valence-corrected chi connectivity index (χ4v) is 2.10. The minimum atomic E-state index is -0.444. The number of carbonyl (C=O) groups is 3. The van der Waals surface area contributed by atoms with E-state index in [1.807, 2.05) is 0 Å². The van der Waals surface area contributed by atoms with Crippen LogP contribution in [0.2, 0.25) is 0 Å². The SMILES string of the molecule is Cc1ccc(C(=O)NCCNC(=O)NCCNC(=O)c2ccoc2)cc1F. The zero-order chi connectivity index (χ0) is 19.6. The number of benzene rings is 1. The minimum absolute atomic E-state index is 0.193. The lowest BCUT2D eigenvalue weighted by molar-refractivity contribution is 0.0946. The van der Waals surface area contributed by atoms with Crippen LogP contribution in [0.25, 0.3) is 0 Å².